The number of fused-ring (bicyclic) bond motifs is 1. The highest BCUT2D eigenvalue weighted by atomic mass is 35.5. The molecule has 0 atom stereocenters. The lowest BCUT2D eigenvalue weighted by molar-refractivity contribution is 0.471. The summed E-state index contributed by atoms with van der Waals surface area (Å²) >= 11 is 6.22. The van der Waals surface area contributed by atoms with Gasteiger partial charge in [0.15, 0.2) is 0 Å². The van der Waals surface area contributed by atoms with Crippen LogP contribution in [0.15, 0.2) is 77.6 Å². The van der Waals surface area contributed by atoms with Gasteiger partial charge in [-0.1, -0.05) is 54.1 Å². The quantitative estimate of drug-likeness (QED) is 0.554. The van der Waals surface area contributed by atoms with Gasteiger partial charge in [0.2, 0.25) is 0 Å². The Morgan fingerprint density at radius 2 is 1.59 bits per heavy atom. The van der Waals surface area contributed by atoms with Gasteiger partial charge in [0.25, 0.3) is 5.56 Å². The summed E-state index contributed by atoms with van der Waals surface area (Å²) in [5.74, 6) is 0.407. The van der Waals surface area contributed by atoms with Gasteiger partial charge in [-0.3, -0.25) is 9.36 Å². The van der Waals surface area contributed by atoms with Crippen LogP contribution in [0.2, 0.25) is 5.02 Å². The van der Waals surface area contributed by atoms with Crippen LogP contribution in [0.5, 0.6) is 5.75 Å². The number of aromatic nitrogens is 2. The summed E-state index contributed by atoms with van der Waals surface area (Å²) < 4.78 is 1.41. The maximum atomic E-state index is 13.1. The SMILES string of the molecule is O=c1c2ccccc2nc(/C=C/c2ccccc2Cl)n1-c1ccccc1O. The zero-order chi connectivity index (χ0) is 18.8. The Labute approximate surface area is 160 Å². The van der Waals surface area contributed by atoms with Gasteiger partial charge in [0.1, 0.15) is 11.6 Å². The zero-order valence-corrected chi connectivity index (χ0v) is 15.0. The molecule has 4 rings (SSSR count). The topological polar surface area (TPSA) is 55.1 Å². The summed E-state index contributed by atoms with van der Waals surface area (Å²) in [6.07, 6.45) is 3.52. The highest BCUT2D eigenvalue weighted by Crippen LogP contribution is 2.23. The summed E-state index contributed by atoms with van der Waals surface area (Å²) in [5, 5.41) is 11.4. The summed E-state index contributed by atoms with van der Waals surface area (Å²) in [6.45, 7) is 0. The van der Waals surface area contributed by atoms with Crippen LogP contribution in [-0.2, 0) is 0 Å². The fourth-order valence-corrected chi connectivity index (χ4v) is 3.12. The molecule has 4 nitrogen and oxygen atoms in total. The average molecular weight is 375 g/mol. The first-order valence-corrected chi connectivity index (χ1v) is 8.76. The number of phenols is 1. The lowest BCUT2D eigenvalue weighted by Gasteiger charge is -2.12. The molecule has 0 aliphatic heterocycles. The Morgan fingerprint density at radius 1 is 0.889 bits per heavy atom. The molecule has 0 spiro atoms. The lowest BCUT2D eigenvalue weighted by Crippen LogP contribution is -2.22. The van der Waals surface area contributed by atoms with E-state index in [0.29, 0.717) is 27.4 Å². The Morgan fingerprint density at radius 3 is 2.41 bits per heavy atom. The minimum atomic E-state index is -0.249. The van der Waals surface area contributed by atoms with Crippen molar-refractivity contribution in [2.75, 3.05) is 0 Å². The van der Waals surface area contributed by atoms with E-state index in [4.69, 9.17) is 11.6 Å². The Balaban J connectivity index is 1.99. The van der Waals surface area contributed by atoms with Crippen molar-refractivity contribution in [2.45, 2.75) is 0 Å². The number of nitrogens with zero attached hydrogens (tertiary/aromatic N) is 2. The van der Waals surface area contributed by atoms with Gasteiger partial charge in [0, 0.05) is 5.02 Å². The van der Waals surface area contributed by atoms with Crippen LogP contribution >= 0.6 is 11.6 Å². The number of para-hydroxylation sites is 3. The summed E-state index contributed by atoms with van der Waals surface area (Å²) in [4.78, 5) is 17.8. The Bertz CT molecular complexity index is 1230. The molecular formula is C22H15ClN2O2. The molecule has 0 saturated heterocycles. The number of aromatic hydroxyl groups is 1. The van der Waals surface area contributed by atoms with E-state index >= 15 is 0 Å². The van der Waals surface area contributed by atoms with E-state index < -0.39 is 0 Å². The van der Waals surface area contributed by atoms with E-state index in [-0.39, 0.29) is 11.3 Å². The van der Waals surface area contributed by atoms with Gasteiger partial charge >= 0.3 is 0 Å². The smallest absolute Gasteiger partial charge is 0.266 e. The fourth-order valence-electron chi connectivity index (χ4n) is 2.92. The minimum absolute atomic E-state index is 0.00377. The number of phenolic OH excluding ortho intramolecular Hbond substituents is 1. The van der Waals surface area contributed by atoms with Crippen molar-refractivity contribution in [3.63, 3.8) is 0 Å². The van der Waals surface area contributed by atoms with Crippen LogP contribution < -0.4 is 5.56 Å². The van der Waals surface area contributed by atoms with Crippen LogP contribution in [0.1, 0.15) is 11.4 Å². The first-order valence-electron chi connectivity index (χ1n) is 8.38. The molecule has 0 amide bonds. The summed E-state index contributed by atoms with van der Waals surface area (Å²) in [7, 11) is 0. The molecule has 0 radical (unpaired) electrons. The van der Waals surface area contributed by atoms with Crippen LogP contribution in [0.3, 0.4) is 0 Å². The van der Waals surface area contributed by atoms with Gasteiger partial charge in [-0.15, -0.1) is 0 Å². The third kappa shape index (κ3) is 3.23. The standard InChI is InChI=1S/C22H15ClN2O2/c23-17-9-3-1-7-15(17)13-14-21-24-18-10-4-2-8-16(18)22(27)25(21)19-11-5-6-12-20(19)26/h1-14,26H/b14-13+. The number of hydrogen-bond acceptors (Lipinski definition) is 3. The molecule has 27 heavy (non-hydrogen) atoms. The van der Waals surface area contributed by atoms with E-state index in [1.807, 2.05) is 24.3 Å². The summed E-state index contributed by atoms with van der Waals surface area (Å²) in [6, 6.07) is 21.2. The van der Waals surface area contributed by atoms with E-state index in [2.05, 4.69) is 4.98 Å². The van der Waals surface area contributed by atoms with Crippen molar-refractivity contribution in [1.82, 2.24) is 9.55 Å². The van der Waals surface area contributed by atoms with Gasteiger partial charge in [-0.25, -0.2) is 4.98 Å². The predicted molar refractivity (Wildman–Crippen MR) is 109 cm³/mol. The molecule has 0 aliphatic carbocycles. The van der Waals surface area contributed by atoms with E-state index in [0.717, 1.165) is 5.56 Å². The molecule has 4 aromatic rings. The third-order valence-corrected chi connectivity index (χ3v) is 4.59. The maximum absolute atomic E-state index is 13.1. The molecule has 1 heterocycles. The zero-order valence-electron chi connectivity index (χ0n) is 14.2. The molecular weight excluding hydrogens is 360 g/mol. The molecule has 1 aromatic heterocycles. The first-order chi connectivity index (χ1) is 13.1. The van der Waals surface area contributed by atoms with Crippen molar-refractivity contribution in [3.8, 4) is 11.4 Å². The van der Waals surface area contributed by atoms with Crippen LogP contribution in [0, 0.1) is 0 Å². The van der Waals surface area contributed by atoms with Crippen LogP contribution in [0.25, 0.3) is 28.7 Å². The van der Waals surface area contributed by atoms with Gasteiger partial charge in [-0.05, 0) is 48.0 Å². The first kappa shape index (κ1) is 17.1. The normalized spacial score (nSPS) is 11.3. The molecule has 3 aromatic carbocycles. The molecule has 0 unspecified atom stereocenters. The molecule has 0 fully saturated rings. The number of halogens is 1. The number of rotatable bonds is 3. The fraction of sp³-hybridized carbons (Fsp3) is 0. The number of benzene rings is 3. The Kier molecular flexibility index (Phi) is 4.48. The second-order valence-electron chi connectivity index (χ2n) is 5.97. The van der Waals surface area contributed by atoms with Crippen molar-refractivity contribution < 1.29 is 5.11 Å². The molecule has 132 valence electrons. The Hall–Kier alpha value is -3.37. The molecule has 5 heteroatoms. The second kappa shape index (κ2) is 7.09. The lowest BCUT2D eigenvalue weighted by atomic mass is 10.2. The van der Waals surface area contributed by atoms with E-state index in [1.165, 1.54) is 4.57 Å². The predicted octanol–water partition coefficient (Wildman–Crippen LogP) is 4.92. The van der Waals surface area contributed by atoms with Crippen molar-refractivity contribution in [1.29, 1.82) is 0 Å². The molecule has 0 saturated carbocycles. The van der Waals surface area contributed by atoms with Crippen LogP contribution in [-0.4, -0.2) is 14.7 Å². The highest BCUT2D eigenvalue weighted by Gasteiger charge is 2.13. The summed E-state index contributed by atoms with van der Waals surface area (Å²) in [5.41, 5.74) is 1.53. The van der Waals surface area contributed by atoms with Gasteiger partial charge in [0.05, 0.1) is 16.6 Å². The van der Waals surface area contributed by atoms with Gasteiger partial charge < -0.3 is 5.11 Å². The van der Waals surface area contributed by atoms with Crippen molar-refractivity contribution in [3.05, 3.63) is 99.6 Å². The van der Waals surface area contributed by atoms with Crippen molar-refractivity contribution in [2.24, 2.45) is 0 Å². The van der Waals surface area contributed by atoms with Crippen molar-refractivity contribution >= 4 is 34.7 Å². The molecule has 0 bridgehead atoms. The molecule has 0 aliphatic rings. The van der Waals surface area contributed by atoms with Crippen LogP contribution in [0.4, 0.5) is 0 Å². The second-order valence-corrected chi connectivity index (χ2v) is 6.38. The minimum Gasteiger partial charge on any atom is -0.506 e. The van der Waals surface area contributed by atoms with E-state index in [1.54, 1.807) is 60.7 Å². The highest BCUT2D eigenvalue weighted by molar-refractivity contribution is 6.32. The molecule has 1 N–H and O–H groups in total. The average Bonchev–Trinajstić information content (AvgIpc) is 2.68. The number of hydrogen-bond donors (Lipinski definition) is 1. The maximum Gasteiger partial charge on any atom is 0.266 e. The van der Waals surface area contributed by atoms with Gasteiger partial charge in [-0.2, -0.15) is 0 Å². The third-order valence-electron chi connectivity index (χ3n) is 4.24. The largest absolute Gasteiger partial charge is 0.506 e. The van der Waals surface area contributed by atoms with E-state index in [9.17, 15) is 9.90 Å². The monoisotopic (exact) mass is 374 g/mol.